The van der Waals surface area contributed by atoms with Crippen LogP contribution in [0.15, 0.2) is 0 Å². The predicted octanol–water partition coefficient (Wildman–Crippen LogP) is -0.331. The van der Waals surface area contributed by atoms with E-state index < -0.39 is 18.1 Å². The van der Waals surface area contributed by atoms with Gasteiger partial charge in [0.2, 0.25) is 5.91 Å². The van der Waals surface area contributed by atoms with Crippen molar-refractivity contribution in [3.8, 4) is 0 Å². The number of nitrogens with one attached hydrogen (secondary N) is 1. The average Bonchev–Trinajstić information content (AvgIpc) is 2.26. The normalized spacial score (nSPS) is 14.1. The lowest BCUT2D eigenvalue weighted by molar-refractivity contribution is -0.139. The highest BCUT2D eigenvalue weighted by atomic mass is 16.4. The van der Waals surface area contributed by atoms with Gasteiger partial charge in [-0.2, -0.15) is 0 Å². The summed E-state index contributed by atoms with van der Waals surface area (Å²) in [6.07, 6.45) is -1.29. The van der Waals surface area contributed by atoms with Crippen LogP contribution in [0.3, 0.4) is 0 Å². The largest absolute Gasteiger partial charge is 0.481 e. The number of rotatable bonds is 8. The van der Waals surface area contributed by atoms with Crippen molar-refractivity contribution in [2.45, 2.75) is 39.3 Å². The summed E-state index contributed by atoms with van der Waals surface area (Å²) >= 11 is 0. The first-order valence-electron chi connectivity index (χ1n) is 5.84. The minimum Gasteiger partial charge on any atom is -0.481 e. The number of hydrogen-bond donors (Lipinski definition) is 3. The Bertz CT molecular complexity index is 254. The SMILES string of the molecule is CCN(CC)C(=O)C(C)NCC(O)CC(=O)O. The number of aliphatic carboxylic acids is 1. The highest BCUT2D eigenvalue weighted by molar-refractivity contribution is 5.81. The maximum atomic E-state index is 11.8. The van der Waals surface area contributed by atoms with E-state index in [4.69, 9.17) is 5.11 Å². The second kappa shape index (κ2) is 8.03. The van der Waals surface area contributed by atoms with Gasteiger partial charge in [0.25, 0.3) is 0 Å². The third-order valence-electron chi connectivity index (χ3n) is 2.52. The number of carbonyl (C=O) groups excluding carboxylic acids is 1. The van der Waals surface area contributed by atoms with Gasteiger partial charge in [-0.1, -0.05) is 0 Å². The Balaban J connectivity index is 4.04. The van der Waals surface area contributed by atoms with Crippen molar-refractivity contribution in [1.29, 1.82) is 0 Å². The highest BCUT2D eigenvalue weighted by Gasteiger charge is 2.19. The first-order chi connectivity index (χ1) is 7.92. The molecule has 6 heteroatoms. The summed E-state index contributed by atoms with van der Waals surface area (Å²) in [5, 5.41) is 20.6. The van der Waals surface area contributed by atoms with E-state index in [-0.39, 0.29) is 18.9 Å². The van der Waals surface area contributed by atoms with Gasteiger partial charge in [0.1, 0.15) is 0 Å². The minimum absolute atomic E-state index is 0.0440. The van der Waals surface area contributed by atoms with Crippen molar-refractivity contribution in [2.24, 2.45) is 0 Å². The number of amides is 1. The molecular formula is C11H22N2O4. The summed E-state index contributed by atoms with van der Waals surface area (Å²) in [5.41, 5.74) is 0. The van der Waals surface area contributed by atoms with E-state index in [1.54, 1.807) is 11.8 Å². The quantitative estimate of drug-likeness (QED) is 0.545. The Morgan fingerprint density at radius 1 is 1.29 bits per heavy atom. The molecule has 0 radical (unpaired) electrons. The lowest BCUT2D eigenvalue weighted by Crippen LogP contribution is -2.46. The summed E-state index contributed by atoms with van der Waals surface area (Å²) in [6, 6.07) is -0.418. The molecule has 0 spiro atoms. The van der Waals surface area contributed by atoms with E-state index in [9.17, 15) is 14.7 Å². The number of nitrogens with zero attached hydrogens (tertiary/aromatic N) is 1. The zero-order chi connectivity index (χ0) is 13.4. The molecule has 0 aliphatic heterocycles. The van der Waals surface area contributed by atoms with E-state index in [0.717, 1.165) is 0 Å². The van der Waals surface area contributed by atoms with Gasteiger partial charge in [-0.05, 0) is 20.8 Å². The molecule has 0 aromatic carbocycles. The second-order valence-electron chi connectivity index (χ2n) is 3.89. The number of carbonyl (C=O) groups is 2. The van der Waals surface area contributed by atoms with Crippen molar-refractivity contribution >= 4 is 11.9 Å². The van der Waals surface area contributed by atoms with Crippen molar-refractivity contribution < 1.29 is 19.8 Å². The van der Waals surface area contributed by atoms with Crippen molar-refractivity contribution in [3.05, 3.63) is 0 Å². The number of carboxylic acid groups (broad SMARTS) is 1. The molecule has 0 saturated carbocycles. The molecule has 17 heavy (non-hydrogen) atoms. The third kappa shape index (κ3) is 6.23. The Hall–Kier alpha value is -1.14. The molecule has 0 fully saturated rings. The average molecular weight is 246 g/mol. The first-order valence-corrected chi connectivity index (χ1v) is 5.84. The van der Waals surface area contributed by atoms with Crippen LogP contribution in [0.2, 0.25) is 0 Å². The maximum absolute atomic E-state index is 11.8. The van der Waals surface area contributed by atoms with Gasteiger partial charge in [-0.15, -0.1) is 0 Å². The Labute approximate surface area is 102 Å². The van der Waals surface area contributed by atoms with E-state index in [1.165, 1.54) is 0 Å². The Kier molecular flexibility index (Phi) is 7.49. The predicted molar refractivity (Wildman–Crippen MR) is 63.7 cm³/mol. The van der Waals surface area contributed by atoms with Crippen LogP contribution in [0.1, 0.15) is 27.2 Å². The van der Waals surface area contributed by atoms with Crippen LogP contribution in [0.5, 0.6) is 0 Å². The topological polar surface area (TPSA) is 89.9 Å². The van der Waals surface area contributed by atoms with Crippen LogP contribution >= 0.6 is 0 Å². The first kappa shape index (κ1) is 15.9. The molecule has 6 nitrogen and oxygen atoms in total. The number of carboxylic acids is 1. The van der Waals surface area contributed by atoms with Gasteiger partial charge in [0.05, 0.1) is 18.6 Å². The maximum Gasteiger partial charge on any atom is 0.306 e. The van der Waals surface area contributed by atoms with Gasteiger partial charge in [0, 0.05) is 19.6 Å². The lowest BCUT2D eigenvalue weighted by atomic mass is 10.2. The molecule has 0 saturated heterocycles. The van der Waals surface area contributed by atoms with E-state index >= 15 is 0 Å². The van der Waals surface area contributed by atoms with Gasteiger partial charge < -0.3 is 20.4 Å². The molecule has 0 heterocycles. The van der Waals surface area contributed by atoms with Gasteiger partial charge in [-0.25, -0.2) is 0 Å². The summed E-state index contributed by atoms with van der Waals surface area (Å²) in [4.78, 5) is 23.8. The van der Waals surface area contributed by atoms with Crippen LogP contribution in [-0.4, -0.2) is 58.8 Å². The molecular weight excluding hydrogens is 224 g/mol. The zero-order valence-electron chi connectivity index (χ0n) is 10.6. The van der Waals surface area contributed by atoms with Gasteiger partial charge in [-0.3, -0.25) is 9.59 Å². The number of hydrogen-bond acceptors (Lipinski definition) is 4. The summed E-state index contributed by atoms with van der Waals surface area (Å²) in [6.45, 7) is 6.87. The van der Waals surface area contributed by atoms with Gasteiger partial charge >= 0.3 is 5.97 Å². The van der Waals surface area contributed by atoms with E-state index in [1.807, 2.05) is 13.8 Å². The molecule has 0 aliphatic rings. The standard InChI is InChI=1S/C11H22N2O4/c1-4-13(5-2)11(17)8(3)12-7-9(14)6-10(15)16/h8-9,12,14H,4-7H2,1-3H3,(H,15,16). The zero-order valence-corrected chi connectivity index (χ0v) is 10.6. The molecule has 3 N–H and O–H groups in total. The number of aliphatic hydroxyl groups excluding tert-OH is 1. The Morgan fingerprint density at radius 3 is 2.24 bits per heavy atom. The van der Waals surface area contributed by atoms with Crippen LogP contribution in [0.4, 0.5) is 0 Å². The molecule has 2 unspecified atom stereocenters. The van der Waals surface area contributed by atoms with Crippen LogP contribution in [-0.2, 0) is 9.59 Å². The lowest BCUT2D eigenvalue weighted by Gasteiger charge is -2.24. The molecule has 0 bridgehead atoms. The number of aliphatic hydroxyl groups is 1. The fourth-order valence-corrected chi connectivity index (χ4v) is 1.48. The fraction of sp³-hybridized carbons (Fsp3) is 0.818. The van der Waals surface area contributed by atoms with Crippen LogP contribution in [0.25, 0.3) is 0 Å². The summed E-state index contributed by atoms with van der Waals surface area (Å²) in [7, 11) is 0. The van der Waals surface area contributed by atoms with Crippen LogP contribution in [0, 0.1) is 0 Å². The highest BCUT2D eigenvalue weighted by Crippen LogP contribution is 1.96. The minimum atomic E-state index is -1.05. The molecule has 2 atom stereocenters. The monoisotopic (exact) mass is 246 g/mol. The van der Waals surface area contributed by atoms with Crippen molar-refractivity contribution in [1.82, 2.24) is 10.2 Å². The number of likely N-dealkylation sites (N-methyl/N-ethyl adjacent to an activating group) is 1. The molecule has 0 aliphatic carbocycles. The molecule has 1 amide bonds. The van der Waals surface area contributed by atoms with Gasteiger partial charge in [0.15, 0.2) is 0 Å². The Morgan fingerprint density at radius 2 is 1.82 bits per heavy atom. The van der Waals surface area contributed by atoms with Crippen molar-refractivity contribution in [2.75, 3.05) is 19.6 Å². The fourth-order valence-electron chi connectivity index (χ4n) is 1.48. The van der Waals surface area contributed by atoms with Crippen LogP contribution < -0.4 is 5.32 Å². The van der Waals surface area contributed by atoms with E-state index in [2.05, 4.69) is 5.32 Å². The summed E-state index contributed by atoms with van der Waals surface area (Å²) < 4.78 is 0. The summed E-state index contributed by atoms with van der Waals surface area (Å²) in [5.74, 6) is -1.10. The van der Waals surface area contributed by atoms with E-state index in [0.29, 0.717) is 13.1 Å². The van der Waals surface area contributed by atoms with Crippen molar-refractivity contribution in [3.63, 3.8) is 0 Å². The second-order valence-corrected chi connectivity index (χ2v) is 3.89. The molecule has 0 rings (SSSR count). The molecule has 0 aromatic heterocycles. The third-order valence-corrected chi connectivity index (χ3v) is 2.52. The molecule has 100 valence electrons. The molecule has 0 aromatic rings. The smallest absolute Gasteiger partial charge is 0.306 e.